The van der Waals surface area contributed by atoms with Crippen LogP contribution in [0.25, 0.3) is 0 Å². The van der Waals surface area contributed by atoms with E-state index >= 15 is 0 Å². The first-order valence-corrected chi connectivity index (χ1v) is 7.83. The molecule has 4 nitrogen and oxygen atoms in total. The van der Waals surface area contributed by atoms with E-state index in [4.69, 9.17) is 9.47 Å². The highest BCUT2D eigenvalue weighted by molar-refractivity contribution is 5.92. The summed E-state index contributed by atoms with van der Waals surface area (Å²) < 4.78 is 10.8. The van der Waals surface area contributed by atoms with Gasteiger partial charge in [-0.3, -0.25) is 9.69 Å². The standard InChI is InChI=1S/C18H23NO3/c1-4-19-10-9-18(8-7-14(20)12-17(18)19)13-5-6-15(21-2)16(11-13)22-3/h5-8,11,17H,4,9-10,12H2,1-3H3/t17-,18-/m0/s1. The summed E-state index contributed by atoms with van der Waals surface area (Å²) in [6, 6.07) is 6.37. The molecule has 0 saturated carbocycles. The highest BCUT2D eigenvalue weighted by Crippen LogP contribution is 2.46. The second-order valence-corrected chi connectivity index (χ2v) is 6.01. The van der Waals surface area contributed by atoms with Crippen molar-refractivity contribution in [2.45, 2.75) is 31.2 Å². The van der Waals surface area contributed by atoms with Gasteiger partial charge in [-0.1, -0.05) is 19.1 Å². The van der Waals surface area contributed by atoms with Gasteiger partial charge < -0.3 is 9.47 Å². The molecule has 2 atom stereocenters. The molecule has 1 saturated heterocycles. The lowest BCUT2D eigenvalue weighted by Crippen LogP contribution is -2.44. The van der Waals surface area contributed by atoms with Crippen molar-refractivity contribution in [3.05, 3.63) is 35.9 Å². The third-order valence-corrected chi connectivity index (χ3v) is 5.14. The molecule has 4 heteroatoms. The quantitative estimate of drug-likeness (QED) is 0.857. The number of methoxy groups -OCH3 is 2. The molecule has 2 aliphatic rings. The molecule has 0 N–H and O–H groups in total. The third kappa shape index (κ3) is 2.22. The van der Waals surface area contributed by atoms with Gasteiger partial charge in [0.1, 0.15) is 0 Å². The van der Waals surface area contributed by atoms with Gasteiger partial charge in [0.05, 0.1) is 14.2 Å². The number of ether oxygens (including phenoxy) is 2. The van der Waals surface area contributed by atoms with Crippen LogP contribution in [0.3, 0.4) is 0 Å². The molecule has 0 radical (unpaired) electrons. The summed E-state index contributed by atoms with van der Waals surface area (Å²) in [5, 5.41) is 0. The summed E-state index contributed by atoms with van der Waals surface area (Å²) in [4.78, 5) is 14.3. The highest BCUT2D eigenvalue weighted by atomic mass is 16.5. The molecule has 1 aliphatic heterocycles. The molecule has 0 spiro atoms. The van der Waals surface area contributed by atoms with Crippen LogP contribution in [-0.2, 0) is 10.2 Å². The van der Waals surface area contributed by atoms with Gasteiger partial charge in [-0.15, -0.1) is 0 Å². The molecule has 22 heavy (non-hydrogen) atoms. The minimum Gasteiger partial charge on any atom is -0.493 e. The molecule has 0 bridgehead atoms. The van der Waals surface area contributed by atoms with Crippen LogP contribution < -0.4 is 9.47 Å². The maximum Gasteiger partial charge on any atom is 0.161 e. The van der Waals surface area contributed by atoms with Crippen LogP contribution in [-0.4, -0.2) is 44.0 Å². The maximum atomic E-state index is 11.9. The fourth-order valence-electron chi connectivity index (χ4n) is 3.92. The number of benzene rings is 1. The number of likely N-dealkylation sites (N-methyl/N-ethyl adjacent to an activating group) is 1. The average Bonchev–Trinajstić information content (AvgIpc) is 2.93. The summed E-state index contributed by atoms with van der Waals surface area (Å²) in [6.45, 7) is 4.15. The number of nitrogens with zero attached hydrogens (tertiary/aromatic N) is 1. The molecular formula is C18H23NO3. The number of hydrogen-bond acceptors (Lipinski definition) is 4. The molecule has 1 aliphatic carbocycles. The van der Waals surface area contributed by atoms with Crippen LogP contribution in [0.1, 0.15) is 25.3 Å². The van der Waals surface area contributed by atoms with E-state index in [9.17, 15) is 4.79 Å². The van der Waals surface area contributed by atoms with Crippen LogP contribution >= 0.6 is 0 Å². The minimum atomic E-state index is -0.0938. The lowest BCUT2D eigenvalue weighted by Gasteiger charge is -2.38. The van der Waals surface area contributed by atoms with Crippen molar-refractivity contribution in [1.82, 2.24) is 4.90 Å². The van der Waals surface area contributed by atoms with Gasteiger partial charge >= 0.3 is 0 Å². The SMILES string of the molecule is CCN1CC[C@]2(c3ccc(OC)c(OC)c3)C=CC(=O)C[C@H]12. The van der Waals surface area contributed by atoms with Crippen molar-refractivity contribution in [3.8, 4) is 11.5 Å². The van der Waals surface area contributed by atoms with Crippen molar-refractivity contribution < 1.29 is 14.3 Å². The van der Waals surface area contributed by atoms with E-state index in [1.54, 1.807) is 20.3 Å². The summed E-state index contributed by atoms with van der Waals surface area (Å²) in [5.74, 6) is 1.70. The van der Waals surface area contributed by atoms with Crippen LogP contribution in [0.2, 0.25) is 0 Å². The molecule has 0 amide bonds. The second kappa shape index (κ2) is 5.76. The molecule has 1 fully saturated rings. The molecule has 3 rings (SSSR count). The van der Waals surface area contributed by atoms with Crippen molar-refractivity contribution in [1.29, 1.82) is 0 Å². The van der Waals surface area contributed by atoms with Gasteiger partial charge in [-0.05, 0) is 43.3 Å². The largest absolute Gasteiger partial charge is 0.493 e. The third-order valence-electron chi connectivity index (χ3n) is 5.14. The van der Waals surface area contributed by atoms with Crippen molar-refractivity contribution in [2.75, 3.05) is 27.3 Å². The van der Waals surface area contributed by atoms with Crippen LogP contribution in [0.4, 0.5) is 0 Å². The first-order valence-electron chi connectivity index (χ1n) is 7.83. The normalized spacial score (nSPS) is 27.8. The molecule has 0 unspecified atom stereocenters. The van der Waals surface area contributed by atoms with Crippen molar-refractivity contribution in [3.63, 3.8) is 0 Å². The zero-order chi connectivity index (χ0) is 15.7. The Labute approximate surface area is 131 Å². The summed E-state index contributed by atoms with van der Waals surface area (Å²) in [6.07, 6.45) is 5.50. The van der Waals surface area contributed by atoms with E-state index in [2.05, 4.69) is 30.0 Å². The summed E-state index contributed by atoms with van der Waals surface area (Å²) in [7, 11) is 3.30. The van der Waals surface area contributed by atoms with Crippen LogP contribution in [0, 0.1) is 0 Å². The average molecular weight is 301 g/mol. The number of ketones is 1. The molecular weight excluding hydrogens is 278 g/mol. The molecule has 0 aromatic heterocycles. The van der Waals surface area contributed by atoms with Crippen LogP contribution in [0.15, 0.2) is 30.4 Å². The van der Waals surface area contributed by atoms with Gasteiger partial charge in [0.15, 0.2) is 17.3 Å². The maximum absolute atomic E-state index is 11.9. The Hall–Kier alpha value is -1.81. The van der Waals surface area contributed by atoms with Gasteiger partial charge in [-0.25, -0.2) is 0 Å². The van der Waals surface area contributed by atoms with Gasteiger partial charge in [0.2, 0.25) is 0 Å². The Kier molecular flexibility index (Phi) is 3.96. The lowest BCUT2D eigenvalue weighted by molar-refractivity contribution is -0.116. The Morgan fingerprint density at radius 3 is 2.73 bits per heavy atom. The van der Waals surface area contributed by atoms with Crippen molar-refractivity contribution in [2.24, 2.45) is 0 Å². The molecule has 118 valence electrons. The smallest absolute Gasteiger partial charge is 0.161 e. The van der Waals surface area contributed by atoms with E-state index in [1.807, 2.05) is 6.07 Å². The summed E-state index contributed by atoms with van der Waals surface area (Å²) in [5.41, 5.74) is 1.11. The van der Waals surface area contributed by atoms with E-state index in [-0.39, 0.29) is 17.2 Å². The predicted octanol–water partition coefficient (Wildman–Crippen LogP) is 2.56. The number of hydrogen-bond donors (Lipinski definition) is 0. The number of likely N-dealkylation sites (tertiary alicyclic amines) is 1. The second-order valence-electron chi connectivity index (χ2n) is 6.01. The Balaban J connectivity index is 2.08. The number of carbonyl (C=O) groups excluding carboxylic acids is 1. The molecule has 1 aromatic carbocycles. The Morgan fingerprint density at radius 2 is 2.05 bits per heavy atom. The number of allylic oxidation sites excluding steroid dienone is 1. The first kappa shape index (κ1) is 15.1. The monoisotopic (exact) mass is 301 g/mol. The number of rotatable bonds is 4. The highest BCUT2D eigenvalue weighted by Gasteiger charge is 2.48. The van der Waals surface area contributed by atoms with E-state index < -0.39 is 0 Å². The fraction of sp³-hybridized carbons (Fsp3) is 0.500. The van der Waals surface area contributed by atoms with Crippen molar-refractivity contribution >= 4 is 5.78 Å². The van der Waals surface area contributed by atoms with E-state index in [1.165, 1.54) is 5.56 Å². The van der Waals surface area contributed by atoms with Gasteiger partial charge in [-0.2, -0.15) is 0 Å². The zero-order valence-electron chi connectivity index (χ0n) is 13.5. The van der Waals surface area contributed by atoms with Gasteiger partial charge in [0.25, 0.3) is 0 Å². The van der Waals surface area contributed by atoms with E-state index in [0.717, 1.165) is 31.0 Å². The minimum absolute atomic E-state index is 0.0938. The fourth-order valence-corrected chi connectivity index (χ4v) is 3.92. The number of carbonyl (C=O) groups is 1. The molecule has 1 aromatic rings. The number of fused-ring (bicyclic) bond motifs is 1. The molecule has 1 heterocycles. The predicted molar refractivity (Wildman–Crippen MR) is 85.6 cm³/mol. The van der Waals surface area contributed by atoms with Crippen LogP contribution in [0.5, 0.6) is 11.5 Å². The lowest BCUT2D eigenvalue weighted by atomic mass is 9.69. The Bertz CT molecular complexity index is 610. The topological polar surface area (TPSA) is 38.8 Å². The Morgan fingerprint density at radius 1 is 1.27 bits per heavy atom. The zero-order valence-corrected chi connectivity index (χ0v) is 13.5. The summed E-state index contributed by atoms with van der Waals surface area (Å²) >= 11 is 0. The van der Waals surface area contributed by atoms with E-state index in [0.29, 0.717) is 6.42 Å². The van der Waals surface area contributed by atoms with Gasteiger partial charge in [0, 0.05) is 17.9 Å². The first-order chi connectivity index (χ1) is 10.6.